The predicted octanol–water partition coefficient (Wildman–Crippen LogP) is 2.74. The molecule has 0 radical (unpaired) electrons. The first-order valence-corrected chi connectivity index (χ1v) is 8.33. The van der Waals surface area contributed by atoms with E-state index in [1.807, 2.05) is 24.3 Å². The Balaban J connectivity index is 1.85. The zero-order valence-electron chi connectivity index (χ0n) is 12.4. The van der Waals surface area contributed by atoms with Gasteiger partial charge in [0, 0.05) is 11.4 Å². The number of benzene rings is 1. The van der Waals surface area contributed by atoms with E-state index >= 15 is 0 Å². The van der Waals surface area contributed by atoms with Crippen molar-refractivity contribution >= 4 is 29.4 Å². The molecule has 0 heterocycles. The Labute approximate surface area is 134 Å². The average Bonchev–Trinajstić information content (AvgIpc) is 2.53. The third-order valence-corrected chi connectivity index (χ3v) is 4.53. The molecule has 0 aliphatic heterocycles. The van der Waals surface area contributed by atoms with E-state index in [0.717, 1.165) is 24.2 Å². The molecule has 22 heavy (non-hydrogen) atoms. The fourth-order valence-corrected chi connectivity index (χ4v) is 3.04. The summed E-state index contributed by atoms with van der Waals surface area (Å²) in [6.07, 6.45) is 7.57. The molecule has 0 bridgehead atoms. The topological polar surface area (TPSA) is 84.2 Å². The third-order valence-electron chi connectivity index (χ3n) is 3.43. The van der Waals surface area contributed by atoms with Crippen molar-refractivity contribution in [3.05, 3.63) is 36.4 Å². The van der Waals surface area contributed by atoms with Gasteiger partial charge >= 0.3 is 6.03 Å². The average molecular weight is 319 g/mol. The molecule has 4 N–H and O–H groups in total. The molecule has 1 aliphatic carbocycles. The van der Waals surface area contributed by atoms with Crippen LogP contribution in [-0.2, 0) is 4.79 Å². The van der Waals surface area contributed by atoms with Gasteiger partial charge in [0.15, 0.2) is 0 Å². The molecule has 3 amide bonds. The van der Waals surface area contributed by atoms with Crippen LogP contribution in [0.2, 0.25) is 0 Å². The van der Waals surface area contributed by atoms with Gasteiger partial charge in [0.2, 0.25) is 5.91 Å². The monoisotopic (exact) mass is 319 g/mol. The Kier molecular flexibility index (Phi) is 6.33. The molecule has 0 spiro atoms. The highest BCUT2D eigenvalue weighted by Gasteiger charge is 2.12. The largest absolute Gasteiger partial charge is 0.369 e. The minimum Gasteiger partial charge on any atom is -0.369 e. The highest BCUT2D eigenvalue weighted by atomic mass is 32.2. The highest BCUT2D eigenvalue weighted by Crippen LogP contribution is 2.26. The van der Waals surface area contributed by atoms with E-state index in [1.54, 1.807) is 0 Å². The second kappa shape index (κ2) is 8.48. The fourth-order valence-electron chi connectivity index (χ4n) is 2.29. The van der Waals surface area contributed by atoms with Gasteiger partial charge in [-0.1, -0.05) is 24.3 Å². The molecule has 1 aromatic rings. The van der Waals surface area contributed by atoms with Crippen LogP contribution in [-0.4, -0.2) is 24.2 Å². The number of thioether (sulfide) groups is 1. The van der Waals surface area contributed by atoms with E-state index in [0.29, 0.717) is 18.2 Å². The summed E-state index contributed by atoms with van der Waals surface area (Å²) in [5.74, 6) is 0.319. The number of urea groups is 1. The number of allylic oxidation sites excluding steroid dienone is 2. The molecule has 0 fully saturated rings. The van der Waals surface area contributed by atoms with E-state index in [-0.39, 0.29) is 17.7 Å². The lowest BCUT2D eigenvalue weighted by atomic mass is 9.94. The minimum absolute atomic E-state index is 0.189. The molecule has 5 nitrogen and oxygen atoms in total. The lowest BCUT2D eigenvalue weighted by Crippen LogP contribution is -2.33. The first-order valence-electron chi connectivity index (χ1n) is 7.35. The van der Waals surface area contributed by atoms with Crippen molar-refractivity contribution in [3.63, 3.8) is 0 Å². The van der Waals surface area contributed by atoms with E-state index < -0.39 is 0 Å². The van der Waals surface area contributed by atoms with Gasteiger partial charge in [-0.25, -0.2) is 4.79 Å². The Hall–Kier alpha value is -1.95. The van der Waals surface area contributed by atoms with Gasteiger partial charge in [0.1, 0.15) is 0 Å². The number of amides is 3. The Morgan fingerprint density at radius 1 is 1.27 bits per heavy atom. The van der Waals surface area contributed by atoms with Crippen molar-refractivity contribution in [3.8, 4) is 0 Å². The van der Waals surface area contributed by atoms with Crippen LogP contribution in [0.4, 0.5) is 10.5 Å². The number of carbonyl (C=O) groups excluding carboxylic acids is 2. The first-order chi connectivity index (χ1) is 10.6. The molecule has 0 saturated heterocycles. The second-order valence-corrected chi connectivity index (χ2v) is 6.25. The van der Waals surface area contributed by atoms with Crippen molar-refractivity contribution in [2.45, 2.75) is 24.2 Å². The summed E-state index contributed by atoms with van der Waals surface area (Å²) in [6.45, 7) is 0.673. The van der Waals surface area contributed by atoms with Crippen LogP contribution >= 0.6 is 11.8 Å². The van der Waals surface area contributed by atoms with Crippen molar-refractivity contribution in [1.82, 2.24) is 5.32 Å². The Morgan fingerprint density at radius 3 is 2.82 bits per heavy atom. The number of hydrogen-bond donors (Lipinski definition) is 3. The van der Waals surface area contributed by atoms with Crippen molar-refractivity contribution < 1.29 is 9.59 Å². The lowest BCUT2D eigenvalue weighted by molar-refractivity contribution is -0.115. The predicted molar refractivity (Wildman–Crippen MR) is 89.9 cm³/mol. The fraction of sp³-hybridized carbons (Fsp3) is 0.375. The zero-order valence-corrected chi connectivity index (χ0v) is 13.2. The number of hydrogen-bond acceptors (Lipinski definition) is 3. The molecule has 6 heteroatoms. The quantitative estimate of drug-likeness (QED) is 0.557. The molecule has 0 unspecified atom stereocenters. The minimum atomic E-state index is -0.380. The number of nitrogens with one attached hydrogen (secondary N) is 2. The van der Waals surface area contributed by atoms with Gasteiger partial charge in [0.05, 0.1) is 11.4 Å². The molecule has 118 valence electrons. The van der Waals surface area contributed by atoms with Crippen LogP contribution in [0.15, 0.2) is 41.3 Å². The summed E-state index contributed by atoms with van der Waals surface area (Å²) in [4.78, 5) is 23.7. The SMILES string of the molecule is NC(=O)CSc1ccccc1NC(=O)NC[C@@H]1CC=CCC1. The van der Waals surface area contributed by atoms with Crippen LogP contribution in [0.3, 0.4) is 0 Å². The number of rotatable bonds is 6. The summed E-state index contributed by atoms with van der Waals surface area (Å²) in [6, 6.07) is 7.15. The summed E-state index contributed by atoms with van der Waals surface area (Å²) < 4.78 is 0. The van der Waals surface area contributed by atoms with E-state index in [9.17, 15) is 9.59 Å². The summed E-state index contributed by atoms with van der Waals surface area (Å²) in [5.41, 5.74) is 5.85. The van der Waals surface area contributed by atoms with Gasteiger partial charge in [-0.15, -0.1) is 11.8 Å². The van der Waals surface area contributed by atoms with Gasteiger partial charge in [-0.05, 0) is 37.3 Å². The molecule has 1 aromatic carbocycles. The van der Waals surface area contributed by atoms with Crippen molar-refractivity contribution in [1.29, 1.82) is 0 Å². The van der Waals surface area contributed by atoms with Gasteiger partial charge in [-0.3, -0.25) is 4.79 Å². The first kappa shape index (κ1) is 16.4. The van der Waals surface area contributed by atoms with Crippen LogP contribution in [0, 0.1) is 5.92 Å². The maximum absolute atomic E-state index is 12.0. The van der Waals surface area contributed by atoms with Crippen LogP contribution in [0.5, 0.6) is 0 Å². The number of primary amides is 1. The van der Waals surface area contributed by atoms with Gasteiger partial charge in [-0.2, -0.15) is 0 Å². The smallest absolute Gasteiger partial charge is 0.319 e. The standard InChI is InChI=1S/C16H21N3O2S/c17-15(20)11-22-14-9-5-4-8-13(14)19-16(21)18-10-12-6-2-1-3-7-12/h1-2,4-5,8-9,12H,3,6-7,10-11H2,(H2,17,20)(H2,18,19,21)/t12-/m1/s1. The summed E-state index contributed by atoms with van der Waals surface area (Å²) in [5, 5.41) is 5.74. The molecular weight excluding hydrogens is 298 g/mol. The highest BCUT2D eigenvalue weighted by molar-refractivity contribution is 8.00. The van der Waals surface area contributed by atoms with Gasteiger partial charge in [0.25, 0.3) is 0 Å². The van der Waals surface area contributed by atoms with Crippen molar-refractivity contribution in [2.75, 3.05) is 17.6 Å². The Morgan fingerprint density at radius 2 is 2.09 bits per heavy atom. The summed E-state index contributed by atoms with van der Waals surface area (Å²) in [7, 11) is 0. The number of anilines is 1. The maximum atomic E-state index is 12.0. The second-order valence-electron chi connectivity index (χ2n) is 5.24. The van der Waals surface area contributed by atoms with E-state index in [1.165, 1.54) is 11.8 Å². The molecule has 0 saturated carbocycles. The molecular formula is C16H21N3O2S. The molecule has 0 aromatic heterocycles. The molecule has 1 aliphatic rings. The zero-order chi connectivity index (χ0) is 15.8. The third kappa shape index (κ3) is 5.44. The van der Waals surface area contributed by atoms with E-state index in [2.05, 4.69) is 22.8 Å². The number of carbonyl (C=O) groups is 2. The number of nitrogens with two attached hydrogens (primary N) is 1. The number of para-hydroxylation sites is 1. The summed E-state index contributed by atoms with van der Waals surface area (Å²) >= 11 is 1.32. The maximum Gasteiger partial charge on any atom is 0.319 e. The van der Waals surface area contributed by atoms with Crippen LogP contribution in [0.1, 0.15) is 19.3 Å². The Bertz CT molecular complexity index is 560. The molecule has 1 atom stereocenters. The van der Waals surface area contributed by atoms with Crippen molar-refractivity contribution in [2.24, 2.45) is 11.7 Å². The normalized spacial score (nSPS) is 17.0. The molecule has 2 rings (SSSR count). The van der Waals surface area contributed by atoms with Gasteiger partial charge < -0.3 is 16.4 Å². The van der Waals surface area contributed by atoms with E-state index in [4.69, 9.17) is 5.73 Å². The van der Waals surface area contributed by atoms with Crippen LogP contribution in [0.25, 0.3) is 0 Å². The van der Waals surface area contributed by atoms with Crippen LogP contribution < -0.4 is 16.4 Å². The lowest BCUT2D eigenvalue weighted by Gasteiger charge is -2.18.